The van der Waals surface area contributed by atoms with E-state index in [1.807, 2.05) is 54.0 Å². The van der Waals surface area contributed by atoms with E-state index in [0.717, 1.165) is 41.2 Å². The van der Waals surface area contributed by atoms with Gasteiger partial charge >= 0.3 is 5.97 Å². The number of hydrogen-bond donors (Lipinski definition) is 1. The number of aliphatic carboxylic acids is 1. The number of carbonyl (C=O) groups is 1. The van der Waals surface area contributed by atoms with Crippen LogP contribution in [0.5, 0.6) is 0 Å². The molecule has 6 nitrogen and oxygen atoms in total. The Bertz CT molecular complexity index is 1040. The molecule has 32 heavy (non-hydrogen) atoms. The van der Waals surface area contributed by atoms with Gasteiger partial charge < -0.3 is 15.2 Å². The molecule has 3 aromatic rings. The number of carboxylic acids is 1. The van der Waals surface area contributed by atoms with Crippen LogP contribution < -0.4 is 9.63 Å². The van der Waals surface area contributed by atoms with Gasteiger partial charge in [-0.1, -0.05) is 42.5 Å². The van der Waals surface area contributed by atoms with Crippen LogP contribution in [-0.2, 0) is 17.8 Å². The van der Waals surface area contributed by atoms with E-state index in [9.17, 15) is 15.1 Å². The molecule has 170 valence electrons. The lowest BCUT2D eigenvalue weighted by molar-refractivity contribution is -0.621. The Hall–Kier alpha value is -3.28. The average Bonchev–Trinajstić information content (AvgIpc) is 3.01. The Morgan fingerprint density at radius 3 is 2.25 bits per heavy atom. The molecule has 0 saturated carbocycles. The number of benzene rings is 2. The molecule has 1 aromatic heterocycles. The fourth-order valence-electron chi connectivity index (χ4n) is 4.33. The Morgan fingerprint density at radius 1 is 1.06 bits per heavy atom. The van der Waals surface area contributed by atoms with E-state index < -0.39 is 11.9 Å². The molecule has 6 heteroatoms. The largest absolute Gasteiger partial charge is 0.711 e. The molecule has 0 aliphatic heterocycles. The highest BCUT2D eigenvalue weighted by molar-refractivity contribution is 5.68. The lowest BCUT2D eigenvalue weighted by Gasteiger charge is -2.22. The summed E-state index contributed by atoms with van der Waals surface area (Å²) in [6.45, 7) is 10.4. The van der Waals surface area contributed by atoms with Crippen molar-refractivity contribution < 1.29 is 14.6 Å². The van der Waals surface area contributed by atoms with Gasteiger partial charge in [-0.15, -0.1) is 0 Å². The lowest BCUT2D eigenvalue weighted by atomic mass is 9.94. The van der Waals surface area contributed by atoms with Gasteiger partial charge in [-0.05, 0) is 37.1 Å². The van der Waals surface area contributed by atoms with Gasteiger partial charge in [-0.3, -0.25) is 4.79 Å². The quantitative estimate of drug-likeness (QED) is 0.378. The van der Waals surface area contributed by atoms with Gasteiger partial charge in [0.15, 0.2) is 0 Å². The summed E-state index contributed by atoms with van der Waals surface area (Å²) in [5.41, 5.74) is 4.60. The molecule has 0 bridgehead atoms. The Labute approximate surface area is 190 Å². The van der Waals surface area contributed by atoms with Crippen LogP contribution in [0.3, 0.4) is 0 Å². The molecule has 1 N–H and O–H groups in total. The van der Waals surface area contributed by atoms with E-state index in [2.05, 4.69) is 30.9 Å². The van der Waals surface area contributed by atoms with Gasteiger partial charge in [0.25, 0.3) is 5.82 Å². The fraction of sp³-hybridized carbons (Fsp3) is 0.385. The number of anilines is 1. The van der Waals surface area contributed by atoms with Crippen LogP contribution >= 0.6 is 0 Å². The van der Waals surface area contributed by atoms with Gasteiger partial charge in [0.1, 0.15) is 11.4 Å². The summed E-state index contributed by atoms with van der Waals surface area (Å²) in [6, 6.07) is 18.1. The molecule has 0 spiro atoms. The molecule has 0 amide bonds. The first kappa shape index (κ1) is 23.4. The topological polar surface area (TPSA) is 72.4 Å². The second kappa shape index (κ2) is 10.4. The average molecular weight is 436 g/mol. The van der Waals surface area contributed by atoms with E-state index in [-0.39, 0.29) is 6.42 Å². The molecule has 0 aliphatic carbocycles. The predicted octanol–water partition coefficient (Wildman–Crippen LogP) is 4.43. The number of imidazole rings is 1. The van der Waals surface area contributed by atoms with Crippen LogP contribution in [0.2, 0.25) is 0 Å². The van der Waals surface area contributed by atoms with E-state index in [1.54, 1.807) is 6.92 Å². The van der Waals surface area contributed by atoms with Gasteiger partial charge in [-0.2, -0.15) is 0 Å². The van der Waals surface area contributed by atoms with Gasteiger partial charge in [-0.25, -0.2) is 9.30 Å². The second-order valence-electron chi connectivity index (χ2n) is 8.12. The van der Waals surface area contributed by atoms with E-state index >= 15 is 0 Å². The minimum atomic E-state index is -0.922. The maximum Gasteiger partial charge on any atom is 0.304 e. The summed E-state index contributed by atoms with van der Waals surface area (Å²) in [6.07, 6.45) is 0.630. The van der Waals surface area contributed by atoms with Crippen molar-refractivity contribution in [1.29, 1.82) is 0 Å². The van der Waals surface area contributed by atoms with Crippen molar-refractivity contribution in [2.75, 3.05) is 18.0 Å². The molecular formula is C26H33N3O3. The summed E-state index contributed by atoms with van der Waals surface area (Å²) in [7, 11) is 0. The third kappa shape index (κ3) is 4.96. The minimum Gasteiger partial charge on any atom is -0.711 e. The molecule has 0 radical (unpaired) electrons. The molecule has 3 rings (SSSR count). The zero-order valence-electron chi connectivity index (χ0n) is 19.4. The first-order chi connectivity index (χ1) is 15.4. The fourth-order valence-corrected chi connectivity index (χ4v) is 4.33. The van der Waals surface area contributed by atoms with Gasteiger partial charge in [0.2, 0.25) is 0 Å². The van der Waals surface area contributed by atoms with Crippen molar-refractivity contribution in [1.82, 2.24) is 4.57 Å². The van der Waals surface area contributed by atoms with Crippen LogP contribution in [0.25, 0.3) is 0 Å². The van der Waals surface area contributed by atoms with Crippen molar-refractivity contribution in [2.24, 2.45) is 0 Å². The number of rotatable bonds is 10. The van der Waals surface area contributed by atoms with Crippen LogP contribution in [0.1, 0.15) is 54.5 Å². The van der Waals surface area contributed by atoms with Crippen molar-refractivity contribution >= 4 is 11.7 Å². The zero-order chi connectivity index (χ0) is 23.3. The van der Waals surface area contributed by atoms with Crippen LogP contribution in [0.15, 0.2) is 54.6 Å². The molecule has 0 saturated heterocycles. The summed E-state index contributed by atoms with van der Waals surface area (Å²) in [4.78, 5) is 14.0. The number of carboxylic acid groups (broad SMARTS) is 1. The minimum absolute atomic E-state index is 0.138. The van der Waals surface area contributed by atoms with Gasteiger partial charge in [0.05, 0.1) is 18.9 Å². The van der Waals surface area contributed by atoms with Crippen LogP contribution in [0, 0.1) is 19.1 Å². The van der Waals surface area contributed by atoms with E-state index in [0.29, 0.717) is 18.1 Å². The molecule has 2 aromatic carbocycles. The van der Waals surface area contributed by atoms with Crippen LogP contribution in [-0.4, -0.2) is 28.7 Å². The van der Waals surface area contributed by atoms with E-state index in [1.165, 1.54) is 5.56 Å². The first-order valence-corrected chi connectivity index (χ1v) is 11.3. The zero-order valence-corrected chi connectivity index (χ0v) is 19.4. The molecule has 0 fully saturated rings. The lowest BCUT2D eigenvalue weighted by Crippen LogP contribution is -2.36. The highest BCUT2D eigenvalue weighted by atomic mass is 16.5. The number of aromatic nitrogens is 2. The highest BCUT2D eigenvalue weighted by Gasteiger charge is 2.32. The summed E-state index contributed by atoms with van der Waals surface area (Å²) >= 11 is 0. The molecule has 0 aliphatic rings. The first-order valence-electron chi connectivity index (χ1n) is 11.3. The summed E-state index contributed by atoms with van der Waals surface area (Å²) < 4.78 is 2.92. The Morgan fingerprint density at radius 2 is 1.69 bits per heavy atom. The monoisotopic (exact) mass is 435 g/mol. The Balaban J connectivity index is 2.02. The van der Waals surface area contributed by atoms with Gasteiger partial charge in [0, 0.05) is 39.0 Å². The maximum atomic E-state index is 13.2. The third-order valence-electron chi connectivity index (χ3n) is 6.30. The van der Waals surface area contributed by atoms with Crippen LogP contribution in [0.4, 0.5) is 5.69 Å². The standard InChI is InChI=1S/C26H33N3O3/c1-5-27(6-2)23-14-12-22(13-15-23)24(18-25(30)31)26-28(19(3)20(4)29(26)32)17-16-21-10-8-7-9-11-21/h7-15,24H,5-6,16-18H2,1-4H3,(H,30,31). The smallest absolute Gasteiger partial charge is 0.304 e. The molecule has 1 atom stereocenters. The number of hydrogen-bond acceptors (Lipinski definition) is 3. The summed E-state index contributed by atoms with van der Waals surface area (Å²) in [5.74, 6) is -0.957. The van der Waals surface area contributed by atoms with E-state index in [4.69, 9.17) is 0 Å². The van der Waals surface area contributed by atoms with Crippen molar-refractivity contribution in [2.45, 2.75) is 53.0 Å². The Kier molecular flexibility index (Phi) is 7.57. The van der Waals surface area contributed by atoms with Crippen molar-refractivity contribution in [3.8, 4) is 0 Å². The molecule has 1 heterocycles. The number of aryl methyl sites for hydroxylation is 1. The number of nitrogens with zero attached hydrogens (tertiary/aromatic N) is 3. The maximum absolute atomic E-state index is 13.2. The highest BCUT2D eigenvalue weighted by Crippen LogP contribution is 2.30. The van der Waals surface area contributed by atoms with Crippen molar-refractivity contribution in [3.63, 3.8) is 0 Å². The molecule has 1 unspecified atom stereocenters. The SMILES string of the molecule is CCN(CC)c1ccc(C(CC(=O)O)c2n(CCc3ccccc3)c(C)c(C)[n+]2[O-])cc1. The normalized spacial score (nSPS) is 12.0. The predicted molar refractivity (Wildman–Crippen MR) is 127 cm³/mol. The third-order valence-corrected chi connectivity index (χ3v) is 6.30. The van der Waals surface area contributed by atoms with Crippen molar-refractivity contribution in [3.05, 3.63) is 88.1 Å². The summed E-state index contributed by atoms with van der Waals surface area (Å²) in [5, 5.41) is 22.8. The second-order valence-corrected chi connectivity index (χ2v) is 8.12. The molecular weight excluding hydrogens is 402 g/mol.